The Hall–Kier alpha value is -0.770. The van der Waals surface area contributed by atoms with Crippen molar-refractivity contribution in [2.75, 3.05) is 0 Å². The molecule has 1 aromatic rings. The maximum Gasteiger partial charge on any atom is 0.168 e. The number of aromatic nitrogens is 2. The molecule has 1 heterocycles. The minimum atomic E-state index is 0.0202. The Labute approximate surface area is 130 Å². The van der Waals surface area contributed by atoms with Gasteiger partial charge in [0, 0.05) is 24.9 Å². The van der Waals surface area contributed by atoms with Gasteiger partial charge in [-0.25, -0.2) is 4.98 Å². The third-order valence-corrected chi connectivity index (χ3v) is 7.16. The summed E-state index contributed by atoms with van der Waals surface area (Å²) in [7, 11) is 2.00. The van der Waals surface area contributed by atoms with Gasteiger partial charge in [0.25, 0.3) is 0 Å². The largest absolute Gasteiger partial charge is 0.329 e. The van der Waals surface area contributed by atoms with E-state index in [9.17, 15) is 4.79 Å². The number of hydrogen-bond acceptors (Lipinski definition) is 3. The fourth-order valence-electron chi connectivity index (χ4n) is 5.52. The first kappa shape index (κ1) is 13.9. The summed E-state index contributed by atoms with van der Waals surface area (Å²) in [5.41, 5.74) is 0.0202. The molecule has 4 fully saturated rings. The molecule has 3 nitrogen and oxygen atoms in total. The molecule has 1 aromatic heterocycles. The van der Waals surface area contributed by atoms with Crippen LogP contribution in [0.1, 0.15) is 45.4 Å². The average molecular weight is 304 g/mol. The van der Waals surface area contributed by atoms with Gasteiger partial charge in [0.15, 0.2) is 10.9 Å². The summed E-state index contributed by atoms with van der Waals surface area (Å²) in [4.78, 5) is 17.5. The minimum Gasteiger partial charge on any atom is -0.329 e. The van der Waals surface area contributed by atoms with E-state index < -0.39 is 0 Å². The van der Waals surface area contributed by atoms with Crippen molar-refractivity contribution in [3.05, 3.63) is 12.4 Å². The number of hydrogen-bond donors (Lipinski definition) is 0. The molecule has 0 radical (unpaired) electrons. The maximum atomic E-state index is 13.2. The fourth-order valence-corrected chi connectivity index (χ4v) is 6.54. The number of carbonyl (C=O) groups is 1. The topological polar surface area (TPSA) is 34.9 Å². The van der Waals surface area contributed by atoms with Gasteiger partial charge < -0.3 is 4.57 Å². The zero-order valence-corrected chi connectivity index (χ0v) is 13.7. The van der Waals surface area contributed by atoms with E-state index in [0.717, 1.165) is 22.9 Å². The third-order valence-electron chi connectivity index (χ3n) is 5.99. The van der Waals surface area contributed by atoms with Crippen LogP contribution in [0.15, 0.2) is 17.6 Å². The Morgan fingerprint density at radius 3 is 2.33 bits per heavy atom. The summed E-state index contributed by atoms with van der Waals surface area (Å²) in [5.74, 6) is 3.02. The molecule has 114 valence electrons. The fraction of sp³-hybridized carbons (Fsp3) is 0.765. The predicted molar refractivity (Wildman–Crippen MR) is 84.1 cm³/mol. The van der Waals surface area contributed by atoms with Gasteiger partial charge in [-0.05, 0) is 63.2 Å². The Balaban J connectivity index is 1.53. The second kappa shape index (κ2) is 4.87. The number of rotatable bonds is 4. The molecule has 5 rings (SSSR count). The first-order valence-electron chi connectivity index (χ1n) is 8.24. The van der Waals surface area contributed by atoms with Crippen molar-refractivity contribution in [1.82, 2.24) is 9.55 Å². The van der Waals surface area contributed by atoms with E-state index in [1.807, 2.05) is 24.0 Å². The minimum absolute atomic E-state index is 0.0202. The van der Waals surface area contributed by atoms with Crippen LogP contribution in [-0.4, -0.2) is 20.6 Å². The standard InChI is InChI=1S/C17H24N2OS/c1-11(21-16-18-3-4-19(16)2)15(20)17-8-12-5-13(9-17)7-14(6-12)10-17/h3-4,11-14H,5-10H2,1-2H3. The predicted octanol–water partition coefficient (Wildman–Crippen LogP) is 3.69. The lowest BCUT2D eigenvalue weighted by Crippen LogP contribution is -2.51. The van der Waals surface area contributed by atoms with Crippen LogP contribution in [0.4, 0.5) is 0 Å². The van der Waals surface area contributed by atoms with Crippen LogP contribution >= 0.6 is 11.8 Å². The van der Waals surface area contributed by atoms with Gasteiger partial charge in [0.05, 0.1) is 5.25 Å². The molecule has 4 saturated carbocycles. The Morgan fingerprint density at radius 1 is 1.29 bits per heavy atom. The quantitative estimate of drug-likeness (QED) is 0.796. The highest BCUT2D eigenvalue weighted by Crippen LogP contribution is 2.61. The lowest BCUT2D eigenvalue weighted by molar-refractivity contribution is -0.142. The molecule has 0 spiro atoms. The zero-order chi connectivity index (χ0) is 14.6. The molecular formula is C17H24N2OS. The number of imidazole rings is 1. The first-order valence-corrected chi connectivity index (χ1v) is 9.12. The summed E-state index contributed by atoms with van der Waals surface area (Å²) >= 11 is 1.64. The summed E-state index contributed by atoms with van der Waals surface area (Å²) in [6.45, 7) is 2.08. The lowest BCUT2D eigenvalue weighted by atomic mass is 9.48. The number of Topliss-reactive ketones (excluding diaryl/α,β-unsaturated/α-hetero) is 1. The molecule has 4 heteroatoms. The molecule has 21 heavy (non-hydrogen) atoms. The van der Waals surface area contributed by atoms with Crippen molar-refractivity contribution in [3.63, 3.8) is 0 Å². The van der Waals surface area contributed by atoms with Gasteiger partial charge in [-0.3, -0.25) is 4.79 Å². The van der Waals surface area contributed by atoms with E-state index in [0.29, 0.717) is 5.78 Å². The van der Waals surface area contributed by atoms with Crippen LogP contribution in [0.3, 0.4) is 0 Å². The number of ketones is 1. The van der Waals surface area contributed by atoms with Crippen molar-refractivity contribution in [3.8, 4) is 0 Å². The van der Waals surface area contributed by atoms with Crippen LogP contribution in [0.2, 0.25) is 0 Å². The smallest absolute Gasteiger partial charge is 0.168 e. The summed E-state index contributed by atoms with van der Waals surface area (Å²) in [6.07, 6.45) is 11.5. The van der Waals surface area contributed by atoms with Crippen molar-refractivity contribution in [1.29, 1.82) is 0 Å². The molecule has 4 aliphatic rings. The van der Waals surface area contributed by atoms with Gasteiger partial charge in [-0.1, -0.05) is 11.8 Å². The molecule has 0 aliphatic heterocycles. The van der Waals surface area contributed by atoms with Gasteiger partial charge in [-0.2, -0.15) is 0 Å². The molecule has 1 atom stereocenters. The third kappa shape index (κ3) is 2.26. The van der Waals surface area contributed by atoms with Crippen molar-refractivity contribution < 1.29 is 4.79 Å². The van der Waals surface area contributed by atoms with Crippen molar-refractivity contribution >= 4 is 17.5 Å². The molecule has 0 aromatic carbocycles. The molecule has 0 N–H and O–H groups in total. The number of thioether (sulfide) groups is 1. The van der Waals surface area contributed by atoms with Gasteiger partial charge in [0.1, 0.15) is 0 Å². The van der Waals surface area contributed by atoms with Crippen molar-refractivity contribution in [2.24, 2.45) is 30.2 Å². The van der Waals surface area contributed by atoms with E-state index in [-0.39, 0.29) is 10.7 Å². The summed E-state index contributed by atoms with van der Waals surface area (Å²) < 4.78 is 2.01. The van der Waals surface area contributed by atoms with E-state index in [4.69, 9.17) is 0 Å². The molecule has 0 amide bonds. The van der Waals surface area contributed by atoms with Crippen LogP contribution < -0.4 is 0 Å². The SMILES string of the molecule is CC(Sc1nccn1C)C(=O)C12CC3CC(CC(C3)C1)C2. The van der Waals surface area contributed by atoms with Gasteiger partial charge in [0.2, 0.25) is 0 Å². The number of aryl methyl sites for hydroxylation is 1. The van der Waals surface area contributed by atoms with E-state index >= 15 is 0 Å². The van der Waals surface area contributed by atoms with E-state index in [2.05, 4.69) is 11.9 Å². The second-order valence-corrected chi connectivity index (χ2v) is 8.95. The molecule has 1 unspecified atom stereocenters. The van der Waals surface area contributed by atoms with E-state index in [1.165, 1.54) is 38.5 Å². The highest BCUT2D eigenvalue weighted by molar-refractivity contribution is 8.00. The molecular weight excluding hydrogens is 280 g/mol. The Morgan fingerprint density at radius 2 is 1.86 bits per heavy atom. The van der Waals surface area contributed by atoms with E-state index in [1.54, 1.807) is 11.8 Å². The highest BCUT2D eigenvalue weighted by atomic mass is 32.2. The number of carbonyl (C=O) groups excluding carboxylic acids is 1. The zero-order valence-electron chi connectivity index (χ0n) is 12.9. The Kier molecular flexibility index (Phi) is 3.21. The first-order chi connectivity index (χ1) is 10.1. The van der Waals surface area contributed by atoms with Crippen LogP contribution in [0.5, 0.6) is 0 Å². The molecule has 4 aliphatic carbocycles. The van der Waals surface area contributed by atoms with Gasteiger partial charge in [-0.15, -0.1) is 0 Å². The summed E-state index contributed by atoms with van der Waals surface area (Å²) in [5, 5.41) is 0.989. The second-order valence-electron chi connectivity index (χ2n) is 7.64. The number of nitrogens with zero attached hydrogens (tertiary/aromatic N) is 2. The average Bonchev–Trinajstić information content (AvgIpc) is 2.82. The maximum absolute atomic E-state index is 13.2. The normalized spacial score (nSPS) is 38.7. The highest BCUT2D eigenvalue weighted by Gasteiger charge is 2.55. The Bertz CT molecular complexity index is 530. The van der Waals surface area contributed by atoms with Crippen LogP contribution in [0, 0.1) is 23.2 Å². The van der Waals surface area contributed by atoms with Gasteiger partial charge >= 0.3 is 0 Å². The molecule has 0 saturated heterocycles. The molecule has 4 bridgehead atoms. The van der Waals surface area contributed by atoms with Crippen LogP contribution in [0.25, 0.3) is 0 Å². The monoisotopic (exact) mass is 304 g/mol. The van der Waals surface area contributed by atoms with Crippen molar-refractivity contribution in [2.45, 2.75) is 55.9 Å². The summed E-state index contributed by atoms with van der Waals surface area (Å²) in [6, 6.07) is 0. The lowest BCUT2D eigenvalue weighted by Gasteiger charge is -2.56. The van der Waals surface area contributed by atoms with Crippen LogP contribution in [-0.2, 0) is 11.8 Å².